The number of hydrogen-bond donors (Lipinski definition) is 2. The maximum atomic E-state index is 5.75. The van der Waals surface area contributed by atoms with Gasteiger partial charge >= 0.3 is 0 Å². The molecule has 20 heavy (non-hydrogen) atoms. The molecule has 3 nitrogen and oxygen atoms in total. The van der Waals surface area contributed by atoms with E-state index in [-0.39, 0.29) is 6.04 Å². The number of halogens is 1. The van der Waals surface area contributed by atoms with Crippen LogP contribution in [0.1, 0.15) is 22.7 Å². The van der Waals surface area contributed by atoms with Gasteiger partial charge in [-0.15, -0.1) is 0 Å². The predicted molar refractivity (Wildman–Crippen MR) is 85.6 cm³/mol. The first-order chi connectivity index (χ1) is 9.67. The molecular formula is C16H19BrN2O. The van der Waals surface area contributed by atoms with Crippen molar-refractivity contribution >= 4 is 15.9 Å². The van der Waals surface area contributed by atoms with Crippen molar-refractivity contribution in [1.29, 1.82) is 0 Å². The molecule has 0 aliphatic rings. The topological polar surface area (TPSA) is 47.3 Å². The zero-order valence-electron chi connectivity index (χ0n) is 11.7. The van der Waals surface area contributed by atoms with Crippen LogP contribution in [0.15, 0.2) is 46.9 Å². The third-order valence-electron chi connectivity index (χ3n) is 3.41. The molecule has 0 saturated heterocycles. The van der Waals surface area contributed by atoms with Crippen LogP contribution in [0.25, 0.3) is 0 Å². The largest absolute Gasteiger partial charge is 0.496 e. The highest BCUT2D eigenvalue weighted by atomic mass is 79.9. The Morgan fingerprint density at radius 2 is 1.95 bits per heavy atom. The molecule has 1 unspecified atom stereocenters. The minimum Gasteiger partial charge on any atom is -0.496 e. The van der Waals surface area contributed by atoms with E-state index < -0.39 is 0 Å². The second kappa shape index (κ2) is 6.88. The van der Waals surface area contributed by atoms with Gasteiger partial charge in [0.05, 0.1) is 13.2 Å². The quantitative estimate of drug-likeness (QED) is 0.649. The first-order valence-electron chi connectivity index (χ1n) is 6.50. The number of nitrogens with one attached hydrogen (secondary N) is 1. The normalized spacial score (nSPS) is 12.2. The van der Waals surface area contributed by atoms with Crippen molar-refractivity contribution in [2.75, 3.05) is 7.11 Å². The van der Waals surface area contributed by atoms with Gasteiger partial charge in [-0.2, -0.15) is 0 Å². The van der Waals surface area contributed by atoms with E-state index in [1.165, 1.54) is 5.56 Å². The van der Waals surface area contributed by atoms with E-state index in [4.69, 9.17) is 10.6 Å². The van der Waals surface area contributed by atoms with Crippen molar-refractivity contribution in [2.45, 2.75) is 19.4 Å². The van der Waals surface area contributed by atoms with Gasteiger partial charge in [-0.1, -0.05) is 52.3 Å². The number of ether oxygens (including phenoxy) is 1. The fourth-order valence-electron chi connectivity index (χ4n) is 2.29. The van der Waals surface area contributed by atoms with Crippen molar-refractivity contribution in [3.63, 3.8) is 0 Å². The summed E-state index contributed by atoms with van der Waals surface area (Å²) in [4.78, 5) is 0. The SMILES string of the molecule is COc1ccccc1CC(NN)c1cccc(C)c1Br. The fraction of sp³-hybridized carbons (Fsp3) is 0.250. The highest BCUT2D eigenvalue weighted by Crippen LogP contribution is 2.30. The van der Waals surface area contributed by atoms with Gasteiger partial charge in [0.25, 0.3) is 0 Å². The molecule has 0 amide bonds. The smallest absolute Gasteiger partial charge is 0.122 e. The lowest BCUT2D eigenvalue weighted by Crippen LogP contribution is -2.30. The zero-order valence-corrected chi connectivity index (χ0v) is 13.3. The number of para-hydroxylation sites is 1. The lowest BCUT2D eigenvalue weighted by molar-refractivity contribution is 0.405. The maximum Gasteiger partial charge on any atom is 0.122 e. The monoisotopic (exact) mass is 334 g/mol. The predicted octanol–water partition coefficient (Wildman–Crippen LogP) is 3.51. The van der Waals surface area contributed by atoms with E-state index in [9.17, 15) is 0 Å². The lowest BCUT2D eigenvalue weighted by Gasteiger charge is -2.20. The molecule has 3 N–H and O–H groups in total. The second-order valence-electron chi connectivity index (χ2n) is 4.71. The molecule has 0 aromatic heterocycles. The maximum absolute atomic E-state index is 5.75. The van der Waals surface area contributed by atoms with Gasteiger partial charge in [0, 0.05) is 4.47 Å². The van der Waals surface area contributed by atoms with E-state index >= 15 is 0 Å². The van der Waals surface area contributed by atoms with Crippen molar-refractivity contribution < 1.29 is 4.74 Å². The number of hydrazine groups is 1. The molecule has 2 aromatic rings. The number of methoxy groups -OCH3 is 1. The molecule has 2 aromatic carbocycles. The Morgan fingerprint density at radius 1 is 1.20 bits per heavy atom. The Bertz CT molecular complexity index is 586. The molecule has 0 aliphatic heterocycles. The van der Waals surface area contributed by atoms with Crippen LogP contribution < -0.4 is 16.0 Å². The first kappa shape index (κ1) is 15.0. The highest BCUT2D eigenvalue weighted by Gasteiger charge is 2.16. The fourth-order valence-corrected chi connectivity index (χ4v) is 2.83. The molecule has 4 heteroatoms. The average Bonchev–Trinajstić information content (AvgIpc) is 2.48. The highest BCUT2D eigenvalue weighted by molar-refractivity contribution is 9.10. The van der Waals surface area contributed by atoms with E-state index in [1.54, 1.807) is 7.11 Å². The van der Waals surface area contributed by atoms with Gasteiger partial charge in [0.2, 0.25) is 0 Å². The number of rotatable bonds is 5. The van der Waals surface area contributed by atoms with Crippen LogP contribution in [0.2, 0.25) is 0 Å². The number of nitrogens with two attached hydrogens (primary N) is 1. The molecule has 0 radical (unpaired) electrons. The van der Waals surface area contributed by atoms with Crippen molar-refractivity contribution in [3.8, 4) is 5.75 Å². The molecule has 0 fully saturated rings. The average molecular weight is 335 g/mol. The molecule has 2 rings (SSSR count). The third-order valence-corrected chi connectivity index (χ3v) is 4.50. The van der Waals surface area contributed by atoms with Crippen molar-refractivity contribution in [2.24, 2.45) is 5.84 Å². The summed E-state index contributed by atoms with van der Waals surface area (Å²) < 4.78 is 6.50. The summed E-state index contributed by atoms with van der Waals surface area (Å²) >= 11 is 3.64. The number of aryl methyl sites for hydroxylation is 1. The summed E-state index contributed by atoms with van der Waals surface area (Å²) in [6.45, 7) is 2.07. The Morgan fingerprint density at radius 3 is 2.65 bits per heavy atom. The minimum absolute atomic E-state index is 0.0283. The van der Waals surface area contributed by atoms with Crippen LogP contribution in [-0.2, 0) is 6.42 Å². The van der Waals surface area contributed by atoms with E-state index in [0.29, 0.717) is 0 Å². The minimum atomic E-state index is 0.0283. The standard InChI is InChI=1S/C16H19BrN2O/c1-11-6-5-8-13(16(11)17)14(19-18)10-12-7-3-4-9-15(12)20-2/h3-9,14,19H,10,18H2,1-2H3. The molecule has 0 spiro atoms. The number of benzene rings is 2. The van der Waals surface area contributed by atoms with Crippen LogP contribution in [0.4, 0.5) is 0 Å². The summed E-state index contributed by atoms with van der Waals surface area (Å²) in [6.07, 6.45) is 0.766. The molecular weight excluding hydrogens is 316 g/mol. The lowest BCUT2D eigenvalue weighted by atomic mass is 9.97. The van der Waals surface area contributed by atoms with Gasteiger partial charge in [-0.3, -0.25) is 11.3 Å². The first-order valence-corrected chi connectivity index (χ1v) is 7.29. The van der Waals surface area contributed by atoms with Gasteiger partial charge in [-0.05, 0) is 36.1 Å². The van der Waals surface area contributed by atoms with Crippen LogP contribution in [0.5, 0.6) is 5.75 Å². The van der Waals surface area contributed by atoms with E-state index in [0.717, 1.165) is 27.8 Å². The van der Waals surface area contributed by atoms with Gasteiger partial charge in [0.1, 0.15) is 5.75 Å². The summed E-state index contributed by atoms with van der Waals surface area (Å²) in [5.74, 6) is 6.64. The van der Waals surface area contributed by atoms with Gasteiger partial charge < -0.3 is 4.74 Å². The molecule has 0 saturated carbocycles. The molecule has 106 valence electrons. The van der Waals surface area contributed by atoms with Crippen LogP contribution in [0, 0.1) is 6.92 Å². The summed E-state index contributed by atoms with van der Waals surface area (Å²) in [5.41, 5.74) is 6.38. The summed E-state index contributed by atoms with van der Waals surface area (Å²) in [5, 5.41) is 0. The Balaban J connectivity index is 2.31. The molecule has 0 heterocycles. The molecule has 0 aliphatic carbocycles. The van der Waals surface area contributed by atoms with Gasteiger partial charge in [0.15, 0.2) is 0 Å². The van der Waals surface area contributed by atoms with Crippen molar-refractivity contribution in [3.05, 3.63) is 63.6 Å². The molecule has 1 atom stereocenters. The van der Waals surface area contributed by atoms with Gasteiger partial charge in [-0.25, -0.2) is 0 Å². The van der Waals surface area contributed by atoms with E-state index in [2.05, 4.69) is 46.5 Å². The Kier molecular flexibility index (Phi) is 5.17. The van der Waals surface area contributed by atoms with E-state index in [1.807, 2.05) is 24.3 Å². The van der Waals surface area contributed by atoms with Crippen LogP contribution in [0.3, 0.4) is 0 Å². The zero-order chi connectivity index (χ0) is 14.5. The number of hydrogen-bond acceptors (Lipinski definition) is 3. The van der Waals surface area contributed by atoms with Crippen LogP contribution in [-0.4, -0.2) is 7.11 Å². The third kappa shape index (κ3) is 3.20. The van der Waals surface area contributed by atoms with Crippen molar-refractivity contribution in [1.82, 2.24) is 5.43 Å². The van der Waals surface area contributed by atoms with Crippen LogP contribution >= 0.6 is 15.9 Å². The summed E-state index contributed by atoms with van der Waals surface area (Å²) in [7, 11) is 1.69. The summed E-state index contributed by atoms with van der Waals surface area (Å²) in [6, 6.07) is 14.2. The Hall–Kier alpha value is -1.36. The Labute approximate surface area is 128 Å². The second-order valence-corrected chi connectivity index (χ2v) is 5.51. The molecule has 0 bridgehead atoms.